The molecule has 1 atom stereocenters. The van der Waals surface area contributed by atoms with E-state index in [1.54, 1.807) is 24.3 Å². The Balaban J connectivity index is 2.10. The van der Waals surface area contributed by atoms with Crippen LogP contribution in [0.15, 0.2) is 48.5 Å². The minimum atomic E-state index is -0.230. The third-order valence-electron chi connectivity index (χ3n) is 3.69. The van der Waals surface area contributed by atoms with Gasteiger partial charge in [0.05, 0.1) is 0 Å². The standard InChI is InChI=1S/C19H22N2O2/c1-4-14(3)20-18(22)15-6-5-7-16(12-15)19(23)21-17-10-8-13(2)9-11-17/h5-12,14H,4H2,1-3H3,(H,20,22)(H,21,23). The van der Waals surface area contributed by atoms with Crippen LogP contribution in [0.3, 0.4) is 0 Å². The number of anilines is 1. The Morgan fingerprint density at radius 3 is 2.22 bits per heavy atom. The minimum absolute atomic E-state index is 0.104. The number of nitrogens with one attached hydrogen (secondary N) is 2. The number of aryl methyl sites for hydroxylation is 1. The van der Waals surface area contributed by atoms with Gasteiger partial charge < -0.3 is 10.6 Å². The normalized spacial score (nSPS) is 11.6. The van der Waals surface area contributed by atoms with Gasteiger partial charge in [-0.2, -0.15) is 0 Å². The fraction of sp³-hybridized carbons (Fsp3) is 0.263. The van der Waals surface area contributed by atoms with Crippen LogP contribution in [0.5, 0.6) is 0 Å². The van der Waals surface area contributed by atoms with Crippen molar-refractivity contribution < 1.29 is 9.59 Å². The first-order valence-corrected chi connectivity index (χ1v) is 7.78. The van der Waals surface area contributed by atoms with Crippen molar-refractivity contribution >= 4 is 17.5 Å². The molecule has 0 aliphatic carbocycles. The molecule has 120 valence electrons. The average molecular weight is 310 g/mol. The molecule has 0 aliphatic rings. The van der Waals surface area contributed by atoms with E-state index in [9.17, 15) is 9.59 Å². The van der Waals surface area contributed by atoms with E-state index < -0.39 is 0 Å². The number of amides is 2. The van der Waals surface area contributed by atoms with Crippen LogP contribution in [0.1, 0.15) is 46.5 Å². The lowest BCUT2D eigenvalue weighted by Gasteiger charge is -2.12. The van der Waals surface area contributed by atoms with Crippen LogP contribution in [-0.2, 0) is 0 Å². The summed E-state index contributed by atoms with van der Waals surface area (Å²) in [5.74, 6) is -0.392. The summed E-state index contributed by atoms with van der Waals surface area (Å²) in [5.41, 5.74) is 2.81. The maximum atomic E-state index is 12.3. The van der Waals surface area contributed by atoms with Crippen molar-refractivity contribution in [3.05, 3.63) is 65.2 Å². The molecule has 0 aromatic heterocycles. The predicted octanol–water partition coefficient (Wildman–Crippen LogP) is 3.78. The molecule has 0 spiro atoms. The van der Waals surface area contributed by atoms with Crippen molar-refractivity contribution in [3.8, 4) is 0 Å². The van der Waals surface area contributed by atoms with Crippen molar-refractivity contribution in [2.24, 2.45) is 0 Å². The Morgan fingerprint density at radius 1 is 1.00 bits per heavy atom. The number of carbonyl (C=O) groups excluding carboxylic acids is 2. The Labute approximate surface area is 136 Å². The van der Waals surface area contributed by atoms with E-state index in [0.29, 0.717) is 11.1 Å². The van der Waals surface area contributed by atoms with Crippen LogP contribution in [0.4, 0.5) is 5.69 Å². The van der Waals surface area contributed by atoms with Crippen molar-refractivity contribution in [3.63, 3.8) is 0 Å². The Bertz CT molecular complexity index is 693. The molecule has 0 bridgehead atoms. The smallest absolute Gasteiger partial charge is 0.255 e. The molecule has 0 saturated heterocycles. The van der Waals surface area contributed by atoms with Gasteiger partial charge in [0.1, 0.15) is 0 Å². The Kier molecular flexibility index (Phi) is 5.52. The number of hydrogen-bond donors (Lipinski definition) is 2. The monoisotopic (exact) mass is 310 g/mol. The van der Waals surface area contributed by atoms with E-state index in [1.165, 1.54) is 0 Å². The predicted molar refractivity (Wildman–Crippen MR) is 92.8 cm³/mol. The molecule has 2 N–H and O–H groups in total. The molecule has 0 heterocycles. The molecule has 4 nitrogen and oxygen atoms in total. The maximum absolute atomic E-state index is 12.3. The summed E-state index contributed by atoms with van der Waals surface area (Å²) in [6, 6.07) is 14.4. The van der Waals surface area contributed by atoms with Crippen molar-refractivity contribution in [2.45, 2.75) is 33.2 Å². The topological polar surface area (TPSA) is 58.2 Å². The highest BCUT2D eigenvalue weighted by molar-refractivity contribution is 6.06. The van der Waals surface area contributed by atoms with Crippen molar-refractivity contribution in [1.29, 1.82) is 0 Å². The summed E-state index contributed by atoms with van der Waals surface area (Å²) in [6.45, 7) is 5.95. The van der Waals surface area contributed by atoms with Gasteiger partial charge in [0.25, 0.3) is 11.8 Å². The van der Waals surface area contributed by atoms with E-state index in [0.717, 1.165) is 17.7 Å². The molecule has 0 radical (unpaired) electrons. The van der Waals surface area contributed by atoms with Crippen LogP contribution >= 0.6 is 0 Å². The van der Waals surface area contributed by atoms with Gasteiger partial charge in [-0.15, -0.1) is 0 Å². The Hall–Kier alpha value is -2.62. The summed E-state index contributed by atoms with van der Waals surface area (Å²) in [6.07, 6.45) is 0.860. The van der Waals surface area contributed by atoms with E-state index >= 15 is 0 Å². The molecule has 2 amide bonds. The van der Waals surface area contributed by atoms with Crippen LogP contribution in [-0.4, -0.2) is 17.9 Å². The number of hydrogen-bond acceptors (Lipinski definition) is 2. The first-order valence-electron chi connectivity index (χ1n) is 7.78. The van der Waals surface area contributed by atoms with Crippen molar-refractivity contribution in [2.75, 3.05) is 5.32 Å². The van der Waals surface area contributed by atoms with E-state index in [2.05, 4.69) is 10.6 Å². The fourth-order valence-corrected chi connectivity index (χ4v) is 2.05. The first kappa shape index (κ1) is 16.7. The molecule has 0 aliphatic heterocycles. The molecule has 2 aromatic rings. The lowest BCUT2D eigenvalue weighted by molar-refractivity contribution is 0.0939. The zero-order valence-corrected chi connectivity index (χ0v) is 13.7. The van der Waals surface area contributed by atoms with Gasteiger partial charge in [-0.1, -0.05) is 30.7 Å². The molecule has 2 rings (SSSR count). The molecule has 1 unspecified atom stereocenters. The van der Waals surface area contributed by atoms with Crippen LogP contribution in [0.2, 0.25) is 0 Å². The molecular formula is C19H22N2O2. The second kappa shape index (κ2) is 7.58. The number of benzene rings is 2. The number of rotatable bonds is 5. The summed E-state index contributed by atoms with van der Waals surface area (Å²) in [4.78, 5) is 24.5. The quantitative estimate of drug-likeness (QED) is 0.883. The highest BCUT2D eigenvalue weighted by Gasteiger charge is 2.12. The average Bonchev–Trinajstić information content (AvgIpc) is 2.56. The zero-order valence-electron chi connectivity index (χ0n) is 13.7. The lowest BCUT2D eigenvalue weighted by Crippen LogP contribution is -2.32. The van der Waals surface area contributed by atoms with Crippen molar-refractivity contribution in [1.82, 2.24) is 5.32 Å². The maximum Gasteiger partial charge on any atom is 0.255 e. The molecule has 23 heavy (non-hydrogen) atoms. The SMILES string of the molecule is CCC(C)NC(=O)c1cccc(C(=O)Nc2ccc(C)cc2)c1. The van der Waals surface area contributed by atoms with E-state index in [1.807, 2.05) is 45.0 Å². The third-order valence-corrected chi connectivity index (χ3v) is 3.69. The van der Waals surface area contributed by atoms with Gasteiger partial charge in [0.2, 0.25) is 0 Å². The fourth-order valence-electron chi connectivity index (χ4n) is 2.05. The van der Waals surface area contributed by atoms with Crippen LogP contribution in [0.25, 0.3) is 0 Å². The molecule has 0 fully saturated rings. The molecule has 0 saturated carbocycles. The molecule has 2 aromatic carbocycles. The highest BCUT2D eigenvalue weighted by atomic mass is 16.2. The minimum Gasteiger partial charge on any atom is -0.350 e. The lowest BCUT2D eigenvalue weighted by atomic mass is 10.1. The molecule has 4 heteroatoms. The number of carbonyl (C=O) groups is 2. The molecular weight excluding hydrogens is 288 g/mol. The largest absolute Gasteiger partial charge is 0.350 e. The first-order chi connectivity index (χ1) is 11.0. The van der Waals surface area contributed by atoms with Gasteiger partial charge in [-0.25, -0.2) is 0 Å². The van der Waals surface area contributed by atoms with Gasteiger partial charge in [0, 0.05) is 22.9 Å². The van der Waals surface area contributed by atoms with Crippen LogP contribution < -0.4 is 10.6 Å². The second-order valence-electron chi connectivity index (χ2n) is 5.68. The van der Waals surface area contributed by atoms with Gasteiger partial charge in [0.15, 0.2) is 0 Å². The zero-order chi connectivity index (χ0) is 16.8. The van der Waals surface area contributed by atoms with Gasteiger partial charge in [-0.3, -0.25) is 9.59 Å². The van der Waals surface area contributed by atoms with Gasteiger partial charge in [-0.05, 0) is 50.6 Å². The Morgan fingerprint density at radius 2 is 1.61 bits per heavy atom. The third kappa shape index (κ3) is 4.68. The van der Waals surface area contributed by atoms with E-state index in [-0.39, 0.29) is 17.9 Å². The van der Waals surface area contributed by atoms with E-state index in [4.69, 9.17) is 0 Å². The van der Waals surface area contributed by atoms with Crippen LogP contribution in [0, 0.1) is 6.92 Å². The summed E-state index contributed by atoms with van der Waals surface area (Å²) in [7, 11) is 0. The summed E-state index contributed by atoms with van der Waals surface area (Å²) >= 11 is 0. The second-order valence-corrected chi connectivity index (χ2v) is 5.68. The summed E-state index contributed by atoms with van der Waals surface area (Å²) in [5, 5.41) is 5.73. The van der Waals surface area contributed by atoms with Gasteiger partial charge >= 0.3 is 0 Å². The summed E-state index contributed by atoms with van der Waals surface area (Å²) < 4.78 is 0. The highest BCUT2D eigenvalue weighted by Crippen LogP contribution is 2.12.